The predicted molar refractivity (Wildman–Crippen MR) is 94.2 cm³/mol. The molecule has 0 unspecified atom stereocenters. The van der Waals surface area contributed by atoms with Crippen LogP contribution in [0, 0.1) is 12.8 Å². The van der Waals surface area contributed by atoms with Crippen molar-refractivity contribution in [2.75, 3.05) is 5.32 Å². The van der Waals surface area contributed by atoms with E-state index in [1.54, 1.807) is 0 Å². The van der Waals surface area contributed by atoms with E-state index in [1.165, 1.54) is 23.8 Å². The number of hydrogen-bond donors (Lipinski definition) is 1. The van der Waals surface area contributed by atoms with E-state index in [4.69, 9.17) is 0 Å². The van der Waals surface area contributed by atoms with Gasteiger partial charge in [0, 0.05) is 29.9 Å². The predicted octanol–water partition coefficient (Wildman–Crippen LogP) is 4.28. The second kappa shape index (κ2) is 5.23. The summed E-state index contributed by atoms with van der Waals surface area (Å²) in [5.74, 6) is 2.50. The number of benzene rings is 1. The van der Waals surface area contributed by atoms with Crippen LogP contribution in [0.2, 0.25) is 0 Å². The van der Waals surface area contributed by atoms with Gasteiger partial charge in [0.15, 0.2) is 0 Å². The molecule has 4 rings (SSSR count). The minimum atomic E-state index is 0.622. The van der Waals surface area contributed by atoms with Gasteiger partial charge in [-0.05, 0) is 43.2 Å². The summed E-state index contributed by atoms with van der Waals surface area (Å²) in [5.41, 5.74) is 3.37. The summed E-state index contributed by atoms with van der Waals surface area (Å²) in [6.07, 6.45) is 6.31. The highest BCUT2D eigenvalue weighted by Gasteiger charge is 2.24. The van der Waals surface area contributed by atoms with Gasteiger partial charge in [-0.1, -0.05) is 18.7 Å². The maximum Gasteiger partial charge on any atom is 0.130 e. The monoisotopic (exact) mass is 304 g/mol. The number of aryl methyl sites for hydroxylation is 1. The maximum atomic E-state index is 4.49. The van der Waals surface area contributed by atoms with E-state index >= 15 is 0 Å². The molecule has 4 nitrogen and oxygen atoms in total. The highest BCUT2D eigenvalue weighted by atomic mass is 15.0. The van der Waals surface area contributed by atoms with Crippen LogP contribution in [0.4, 0.5) is 5.82 Å². The molecule has 0 amide bonds. The Labute approximate surface area is 135 Å². The molecule has 2 aromatic heterocycles. The normalized spacial score (nSPS) is 14.2. The fraction of sp³-hybridized carbons (Fsp3) is 0.263. The van der Waals surface area contributed by atoms with Crippen molar-refractivity contribution in [1.29, 1.82) is 0 Å². The largest absolute Gasteiger partial charge is 0.344 e. The Morgan fingerprint density at radius 2 is 2.00 bits per heavy atom. The number of rotatable bonds is 4. The fourth-order valence-corrected chi connectivity index (χ4v) is 2.84. The summed E-state index contributed by atoms with van der Waals surface area (Å²) >= 11 is 0. The Balaban J connectivity index is 1.71. The van der Waals surface area contributed by atoms with Crippen molar-refractivity contribution in [3.8, 4) is 11.3 Å². The lowest BCUT2D eigenvalue weighted by molar-refractivity contribution is 0.865. The molecule has 0 spiro atoms. The van der Waals surface area contributed by atoms with Crippen molar-refractivity contribution >= 4 is 16.6 Å². The summed E-state index contributed by atoms with van der Waals surface area (Å²) in [6, 6.07) is 8.52. The van der Waals surface area contributed by atoms with Crippen molar-refractivity contribution in [3.63, 3.8) is 0 Å². The van der Waals surface area contributed by atoms with E-state index in [0.29, 0.717) is 5.92 Å². The van der Waals surface area contributed by atoms with Gasteiger partial charge in [0.2, 0.25) is 0 Å². The molecule has 1 N–H and O–H groups in total. The number of allylic oxidation sites excluding steroid dienone is 1. The highest BCUT2D eigenvalue weighted by Crippen LogP contribution is 2.36. The van der Waals surface area contributed by atoms with Crippen molar-refractivity contribution < 1.29 is 0 Å². The molecular formula is C19H20N4. The van der Waals surface area contributed by atoms with Crippen LogP contribution < -0.4 is 5.32 Å². The molecule has 116 valence electrons. The Hall–Kier alpha value is -2.62. The third-order valence-electron chi connectivity index (χ3n) is 4.60. The molecule has 1 saturated carbocycles. The van der Waals surface area contributed by atoms with Gasteiger partial charge in [-0.15, -0.1) is 0 Å². The minimum Gasteiger partial charge on any atom is -0.344 e. The second-order valence-electron chi connectivity index (χ2n) is 6.31. The molecule has 0 bridgehead atoms. The van der Waals surface area contributed by atoms with Gasteiger partial charge in [0.05, 0.1) is 11.9 Å². The van der Waals surface area contributed by atoms with E-state index < -0.39 is 0 Å². The molecule has 1 aromatic carbocycles. The number of aromatic nitrogens is 3. The molecule has 0 aliphatic heterocycles. The van der Waals surface area contributed by atoms with Crippen molar-refractivity contribution in [2.24, 2.45) is 13.0 Å². The molecule has 1 fully saturated rings. The van der Waals surface area contributed by atoms with Gasteiger partial charge >= 0.3 is 0 Å². The van der Waals surface area contributed by atoms with Crippen LogP contribution >= 0.6 is 0 Å². The first kappa shape index (κ1) is 14.0. The number of nitrogens with zero attached hydrogens (tertiary/aromatic N) is 3. The standard InChI is InChI=1S/C19H20N4/c1-12(14-4-5-14)22-19-9-17-8-15(6-7-16(17)10-21-19)18-11-20-13(2)23(18)3/h6-11,14H,1,4-5H2,2-3H3,(H,21,22). The summed E-state index contributed by atoms with van der Waals surface area (Å²) in [4.78, 5) is 8.87. The quantitative estimate of drug-likeness (QED) is 0.782. The molecule has 1 aliphatic carbocycles. The second-order valence-corrected chi connectivity index (χ2v) is 6.31. The number of anilines is 1. The average Bonchev–Trinajstić information content (AvgIpc) is 3.34. The number of pyridine rings is 1. The smallest absolute Gasteiger partial charge is 0.130 e. The number of fused-ring (bicyclic) bond motifs is 1. The molecule has 23 heavy (non-hydrogen) atoms. The van der Waals surface area contributed by atoms with Crippen LogP contribution in [0.5, 0.6) is 0 Å². The molecule has 0 atom stereocenters. The summed E-state index contributed by atoms with van der Waals surface area (Å²) in [5, 5.41) is 5.65. The van der Waals surface area contributed by atoms with E-state index in [-0.39, 0.29) is 0 Å². The Kier molecular flexibility index (Phi) is 3.18. The van der Waals surface area contributed by atoms with Gasteiger partial charge in [-0.3, -0.25) is 0 Å². The molecular weight excluding hydrogens is 284 g/mol. The zero-order valence-electron chi connectivity index (χ0n) is 13.5. The van der Waals surface area contributed by atoms with Crippen LogP contribution in [-0.2, 0) is 7.05 Å². The number of nitrogens with one attached hydrogen (secondary N) is 1. The SMILES string of the molecule is C=C(Nc1cc2cc(-c3cnc(C)n3C)ccc2cn1)C1CC1. The topological polar surface area (TPSA) is 42.7 Å². The zero-order valence-corrected chi connectivity index (χ0v) is 13.5. The molecule has 4 heteroatoms. The van der Waals surface area contributed by atoms with E-state index in [1.807, 2.05) is 26.4 Å². The van der Waals surface area contributed by atoms with Gasteiger partial charge in [-0.25, -0.2) is 9.97 Å². The van der Waals surface area contributed by atoms with Crippen LogP contribution in [-0.4, -0.2) is 14.5 Å². The summed E-state index contributed by atoms with van der Waals surface area (Å²) in [7, 11) is 2.04. The third-order valence-corrected chi connectivity index (χ3v) is 4.60. The number of imidazole rings is 1. The van der Waals surface area contributed by atoms with Gasteiger partial charge < -0.3 is 9.88 Å². The Morgan fingerprint density at radius 3 is 2.70 bits per heavy atom. The Morgan fingerprint density at radius 1 is 1.17 bits per heavy atom. The number of hydrogen-bond acceptors (Lipinski definition) is 3. The summed E-state index contributed by atoms with van der Waals surface area (Å²) < 4.78 is 2.11. The van der Waals surface area contributed by atoms with Crippen LogP contribution in [0.3, 0.4) is 0 Å². The third kappa shape index (κ3) is 2.61. The lowest BCUT2D eigenvalue weighted by Crippen LogP contribution is -2.01. The van der Waals surface area contributed by atoms with Crippen LogP contribution in [0.25, 0.3) is 22.0 Å². The lowest BCUT2D eigenvalue weighted by atomic mass is 10.1. The van der Waals surface area contributed by atoms with Crippen LogP contribution in [0.1, 0.15) is 18.7 Å². The first-order valence-corrected chi connectivity index (χ1v) is 7.96. The molecule has 1 aliphatic rings. The van der Waals surface area contributed by atoms with Gasteiger partial charge in [-0.2, -0.15) is 0 Å². The average molecular weight is 304 g/mol. The lowest BCUT2D eigenvalue weighted by Gasteiger charge is -2.10. The van der Waals surface area contributed by atoms with Gasteiger partial charge in [0.1, 0.15) is 11.6 Å². The van der Waals surface area contributed by atoms with Crippen LogP contribution in [0.15, 0.2) is 48.9 Å². The molecule has 0 saturated heterocycles. The minimum absolute atomic E-state index is 0.622. The van der Waals surface area contributed by atoms with E-state index in [9.17, 15) is 0 Å². The van der Waals surface area contributed by atoms with Crippen molar-refractivity contribution in [3.05, 3.63) is 54.8 Å². The maximum absolute atomic E-state index is 4.49. The molecule has 2 heterocycles. The Bertz CT molecular complexity index is 903. The van der Waals surface area contributed by atoms with Crippen molar-refractivity contribution in [1.82, 2.24) is 14.5 Å². The fourth-order valence-electron chi connectivity index (χ4n) is 2.84. The van der Waals surface area contributed by atoms with E-state index in [2.05, 4.69) is 50.7 Å². The highest BCUT2D eigenvalue weighted by molar-refractivity contribution is 5.88. The molecule has 3 aromatic rings. The van der Waals surface area contributed by atoms with Crippen molar-refractivity contribution in [2.45, 2.75) is 19.8 Å². The zero-order chi connectivity index (χ0) is 16.0. The van der Waals surface area contributed by atoms with Gasteiger partial charge in [0.25, 0.3) is 0 Å². The first-order valence-electron chi connectivity index (χ1n) is 7.96. The first-order chi connectivity index (χ1) is 11.1. The summed E-state index contributed by atoms with van der Waals surface area (Å²) in [6.45, 7) is 6.12. The van der Waals surface area contributed by atoms with E-state index in [0.717, 1.165) is 28.4 Å². The molecule has 0 radical (unpaired) electrons.